The van der Waals surface area contributed by atoms with Crippen LogP contribution in [0.1, 0.15) is 44.4 Å². The van der Waals surface area contributed by atoms with Gasteiger partial charge in [-0.3, -0.25) is 4.79 Å². The van der Waals surface area contributed by atoms with Gasteiger partial charge in [0, 0.05) is 5.92 Å². The predicted molar refractivity (Wildman–Crippen MR) is 73.5 cm³/mol. The highest BCUT2D eigenvalue weighted by atomic mass is 19.4. The average Bonchev–Trinajstić information content (AvgIpc) is 2.42. The van der Waals surface area contributed by atoms with Gasteiger partial charge in [-0.15, -0.1) is 0 Å². The number of alkyl halides is 3. The second-order valence-electron chi connectivity index (χ2n) is 5.24. The lowest BCUT2D eigenvalue weighted by Gasteiger charge is -2.24. The number of hydrogen-bond acceptors (Lipinski definition) is 2. The van der Waals surface area contributed by atoms with E-state index in [2.05, 4.69) is 5.32 Å². The molecule has 0 aromatic heterocycles. The third kappa shape index (κ3) is 4.74. The Labute approximate surface area is 122 Å². The number of benzene rings is 1. The van der Waals surface area contributed by atoms with Gasteiger partial charge in [0.15, 0.2) is 0 Å². The number of rotatable bonds is 5. The van der Waals surface area contributed by atoms with Crippen LogP contribution in [-0.4, -0.2) is 17.1 Å². The number of carbonyl (C=O) groups is 1. The largest absolute Gasteiger partial charge is 0.416 e. The molecule has 2 atom stereocenters. The van der Waals surface area contributed by atoms with Crippen molar-refractivity contribution in [2.75, 3.05) is 0 Å². The van der Waals surface area contributed by atoms with E-state index in [0.29, 0.717) is 12.0 Å². The second kappa shape index (κ2) is 6.93. The van der Waals surface area contributed by atoms with Crippen LogP contribution in [-0.2, 0) is 11.0 Å². The molecule has 6 heteroatoms. The molecule has 0 spiro atoms. The molecule has 0 aliphatic heterocycles. The first-order valence-electron chi connectivity index (χ1n) is 6.82. The molecule has 1 amide bonds. The maximum atomic E-state index is 12.5. The van der Waals surface area contributed by atoms with E-state index in [1.807, 2.05) is 0 Å². The van der Waals surface area contributed by atoms with Crippen molar-refractivity contribution in [2.45, 2.75) is 45.5 Å². The van der Waals surface area contributed by atoms with Crippen LogP contribution in [0.3, 0.4) is 0 Å². The molecular formula is C15H20F3NO2. The third-order valence-electron chi connectivity index (χ3n) is 3.25. The van der Waals surface area contributed by atoms with E-state index in [9.17, 15) is 23.1 Å². The molecule has 1 rings (SSSR count). The van der Waals surface area contributed by atoms with E-state index in [1.165, 1.54) is 12.1 Å². The summed E-state index contributed by atoms with van der Waals surface area (Å²) in [6.45, 7) is 5.25. The van der Waals surface area contributed by atoms with E-state index in [4.69, 9.17) is 0 Å². The van der Waals surface area contributed by atoms with E-state index >= 15 is 0 Å². The zero-order valence-electron chi connectivity index (χ0n) is 12.2. The first kappa shape index (κ1) is 17.5. The van der Waals surface area contributed by atoms with Gasteiger partial charge in [0.1, 0.15) is 0 Å². The van der Waals surface area contributed by atoms with Crippen molar-refractivity contribution in [1.29, 1.82) is 0 Å². The Morgan fingerprint density at radius 3 is 2.14 bits per heavy atom. The molecule has 0 heterocycles. The average molecular weight is 303 g/mol. The van der Waals surface area contributed by atoms with Crippen molar-refractivity contribution in [2.24, 2.45) is 5.92 Å². The lowest BCUT2D eigenvalue weighted by molar-refractivity contribution is -0.137. The molecule has 21 heavy (non-hydrogen) atoms. The first-order chi connectivity index (χ1) is 9.66. The van der Waals surface area contributed by atoms with Crippen molar-refractivity contribution in [3.63, 3.8) is 0 Å². The molecule has 0 saturated heterocycles. The number of hydrogen-bond donors (Lipinski definition) is 2. The lowest BCUT2D eigenvalue weighted by atomic mass is 9.98. The predicted octanol–water partition coefficient (Wildman–Crippen LogP) is 3.29. The van der Waals surface area contributed by atoms with E-state index in [-0.39, 0.29) is 11.8 Å². The number of carbonyl (C=O) groups excluding carboxylic acids is 1. The molecule has 0 fully saturated rings. The minimum absolute atomic E-state index is 0.201. The minimum atomic E-state index is -4.40. The summed E-state index contributed by atoms with van der Waals surface area (Å²) in [6, 6.07) is 3.79. The molecule has 0 saturated carbocycles. The van der Waals surface area contributed by atoms with Crippen molar-refractivity contribution < 1.29 is 23.1 Å². The molecule has 3 nitrogen and oxygen atoms in total. The summed E-state index contributed by atoms with van der Waals surface area (Å²) in [5, 5.41) is 12.9. The molecule has 1 aromatic rings. The Balaban J connectivity index is 2.85. The highest BCUT2D eigenvalue weighted by Crippen LogP contribution is 2.30. The van der Waals surface area contributed by atoms with Crippen LogP contribution >= 0.6 is 0 Å². The van der Waals surface area contributed by atoms with Gasteiger partial charge in [-0.2, -0.15) is 13.2 Å². The highest BCUT2D eigenvalue weighted by molar-refractivity contribution is 5.78. The van der Waals surface area contributed by atoms with Crippen LogP contribution in [0.15, 0.2) is 24.3 Å². The molecule has 0 aliphatic carbocycles. The van der Waals surface area contributed by atoms with Crippen molar-refractivity contribution in [3.8, 4) is 0 Å². The fourth-order valence-corrected chi connectivity index (χ4v) is 1.86. The highest BCUT2D eigenvalue weighted by Gasteiger charge is 2.30. The fraction of sp³-hybridized carbons (Fsp3) is 0.533. The van der Waals surface area contributed by atoms with Gasteiger partial charge in [0.05, 0.1) is 17.7 Å². The molecule has 2 N–H and O–H groups in total. The molecule has 1 aromatic carbocycles. The monoisotopic (exact) mass is 303 g/mol. The molecule has 118 valence electrons. The van der Waals surface area contributed by atoms with Gasteiger partial charge >= 0.3 is 6.18 Å². The first-order valence-corrected chi connectivity index (χ1v) is 6.82. The summed E-state index contributed by atoms with van der Waals surface area (Å²) >= 11 is 0. The molecular weight excluding hydrogens is 283 g/mol. The van der Waals surface area contributed by atoms with Crippen LogP contribution < -0.4 is 5.32 Å². The zero-order valence-corrected chi connectivity index (χ0v) is 12.2. The Hall–Kier alpha value is -1.56. The quantitative estimate of drug-likeness (QED) is 0.877. The van der Waals surface area contributed by atoms with Crippen LogP contribution in [0.25, 0.3) is 0 Å². The minimum Gasteiger partial charge on any atom is -0.386 e. The fourth-order valence-electron chi connectivity index (χ4n) is 1.86. The van der Waals surface area contributed by atoms with Crippen molar-refractivity contribution >= 4 is 5.91 Å². The maximum absolute atomic E-state index is 12.5. The van der Waals surface area contributed by atoms with E-state index < -0.39 is 23.9 Å². The Morgan fingerprint density at radius 1 is 1.24 bits per heavy atom. The zero-order chi connectivity index (χ0) is 16.2. The smallest absolute Gasteiger partial charge is 0.386 e. The Kier molecular flexibility index (Phi) is 5.78. The maximum Gasteiger partial charge on any atom is 0.416 e. The summed E-state index contributed by atoms with van der Waals surface area (Å²) < 4.78 is 37.5. The van der Waals surface area contributed by atoms with Crippen LogP contribution in [0.2, 0.25) is 0 Å². The van der Waals surface area contributed by atoms with Crippen LogP contribution in [0.4, 0.5) is 13.2 Å². The molecule has 0 radical (unpaired) electrons. The molecule has 0 bridgehead atoms. The summed E-state index contributed by atoms with van der Waals surface area (Å²) in [5.41, 5.74) is -0.420. The van der Waals surface area contributed by atoms with Crippen LogP contribution in [0, 0.1) is 5.92 Å². The Bertz CT molecular complexity index is 469. The van der Waals surface area contributed by atoms with Gasteiger partial charge in [0.25, 0.3) is 0 Å². The number of nitrogens with one attached hydrogen (secondary N) is 1. The van der Waals surface area contributed by atoms with Crippen LogP contribution in [0.5, 0.6) is 0 Å². The standard InChI is InChI=1S/C15H20F3NO2/c1-4-12(19-14(21)9(2)3)13(20)10-5-7-11(8-6-10)15(16,17)18/h5-9,12-13,20H,4H2,1-3H3,(H,19,21). The van der Waals surface area contributed by atoms with E-state index in [0.717, 1.165) is 12.1 Å². The summed E-state index contributed by atoms with van der Waals surface area (Å²) in [7, 11) is 0. The van der Waals surface area contributed by atoms with Gasteiger partial charge in [0.2, 0.25) is 5.91 Å². The Morgan fingerprint density at radius 2 is 1.76 bits per heavy atom. The summed E-state index contributed by atoms with van der Waals surface area (Å²) in [4.78, 5) is 11.7. The SMILES string of the molecule is CCC(NC(=O)C(C)C)C(O)c1ccc(C(F)(F)F)cc1. The van der Waals surface area contributed by atoms with Gasteiger partial charge in [-0.25, -0.2) is 0 Å². The number of aliphatic hydroxyl groups is 1. The number of amides is 1. The summed E-state index contributed by atoms with van der Waals surface area (Å²) in [6.07, 6.45) is -4.97. The summed E-state index contributed by atoms with van der Waals surface area (Å²) in [5.74, 6) is -0.424. The normalized spacial score (nSPS) is 14.9. The third-order valence-corrected chi connectivity index (χ3v) is 3.25. The number of halogens is 3. The van der Waals surface area contributed by atoms with Gasteiger partial charge < -0.3 is 10.4 Å². The van der Waals surface area contributed by atoms with Crippen molar-refractivity contribution in [3.05, 3.63) is 35.4 Å². The van der Waals surface area contributed by atoms with Crippen molar-refractivity contribution in [1.82, 2.24) is 5.32 Å². The van der Waals surface area contributed by atoms with E-state index in [1.54, 1.807) is 20.8 Å². The lowest BCUT2D eigenvalue weighted by Crippen LogP contribution is -2.40. The number of aliphatic hydroxyl groups excluding tert-OH is 1. The molecule has 0 aliphatic rings. The second-order valence-corrected chi connectivity index (χ2v) is 5.24. The topological polar surface area (TPSA) is 49.3 Å². The van der Waals surface area contributed by atoms with Gasteiger partial charge in [-0.1, -0.05) is 32.9 Å². The molecule has 2 unspecified atom stereocenters. The van der Waals surface area contributed by atoms with Gasteiger partial charge in [-0.05, 0) is 24.1 Å².